The van der Waals surface area contributed by atoms with Crippen LogP contribution in [0.4, 0.5) is 17.1 Å². The van der Waals surface area contributed by atoms with Crippen LogP contribution in [0.25, 0.3) is 82.8 Å². The van der Waals surface area contributed by atoms with Gasteiger partial charge in [0, 0.05) is 49.9 Å². The van der Waals surface area contributed by atoms with Gasteiger partial charge in [0.1, 0.15) is 11.2 Å². The second kappa shape index (κ2) is 13.6. The van der Waals surface area contributed by atoms with Crippen LogP contribution in [0.3, 0.4) is 0 Å². The van der Waals surface area contributed by atoms with Crippen molar-refractivity contribution in [3.63, 3.8) is 0 Å². The molecule has 0 unspecified atom stereocenters. The van der Waals surface area contributed by atoms with Gasteiger partial charge in [-0.2, -0.15) is 0 Å². The molecule has 0 bridgehead atoms. The minimum absolute atomic E-state index is 0.874. The second-order valence-electron chi connectivity index (χ2n) is 14.6. The third kappa shape index (κ3) is 5.68. The van der Waals surface area contributed by atoms with Crippen molar-refractivity contribution < 1.29 is 4.42 Å². The van der Waals surface area contributed by atoms with Gasteiger partial charge in [0.05, 0.1) is 11.0 Å². The molecule has 0 amide bonds. The molecule has 0 saturated carbocycles. The molecule has 268 valence electrons. The molecule has 0 aliphatic heterocycles. The zero-order valence-electron chi connectivity index (χ0n) is 31.1. The highest BCUT2D eigenvalue weighted by molar-refractivity contribution is 6.12. The molecule has 0 N–H and O–H groups in total. The van der Waals surface area contributed by atoms with Crippen LogP contribution in [0.1, 0.15) is 0 Å². The zero-order valence-corrected chi connectivity index (χ0v) is 31.1. The topological polar surface area (TPSA) is 21.3 Å². The first-order valence-corrected chi connectivity index (χ1v) is 19.4. The lowest BCUT2D eigenvalue weighted by atomic mass is 9.98. The van der Waals surface area contributed by atoms with Crippen molar-refractivity contribution >= 4 is 60.8 Å². The van der Waals surface area contributed by atoms with Gasteiger partial charge in [-0.05, 0) is 101 Å². The summed E-state index contributed by atoms with van der Waals surface area (Å²) in [4.78, 5) is 2.36. The molecular formula is C54H36N2O. The van der Waals surface area contributed by atoms with E-state index in [2.05, 4.69) is 222 Å². The number of rotatable bonds is 7. The first kappa shape index (κ1) is 32.8. The standard InChI is InChI=1S/C54H36N2O/c1-3-15-37(16-4-1)39-17-13-18-40(33-39)41-19-14-22-44(34-41)55(42-20-5-2-6-21-42)45-35-49(54-50(36-45)48-25-9-12-28-53(48)57-54)38-29-31-43(32-30-38)56-51-26-10-7-23-46(51)47-24-8-11-27-52(47)56/h1-36H. The van der Waals surface area contributed by atoms with Gasteiger partial charge in [-0.25, -0.2) is 0 Å². The molecule has 0 radical (unpaired) electrons. The molecular weight excluding hydrogens is 693 g/mol. The van der Waals surface area contributed by atoms with Crippen LogP contribution < -0.4 is 4.90 Å². The average molecular weight is 729 g/mol. The number of fused-ring (bicyclic) bond motifs is 6. The third-order valence-electron chi connectivity index (χ3n) is 11.2. The van der Waals surface area contributed by atoms with Gasteiger partial charge in [0.2, 0.25) is 0 Å². The summed E-state index contributed by atoms with van der Waals surface area (Å²) in [6.07, 6.45) is 0. The van der Waals surface area contributed by atoms with Crippen molar-refractivity contribution in [2.45, 2.75) is 0 Å². The Morgan fingerprint density at radius 1 is 0.333 bits per heavy atom. The van der Waals surface area contributed by atoms with Crippen molar-refractivity contribution in [3.8, 4) is 39.1 Å². The summed E-state index contributed by atoms with van der Waals surface area (Å²) in [6.45, 7) is 0. The van der Waals surface area contributed by atoms with Gasteiger partial charge in [-0.3, -0.25) is 0 Å². The molecule has 2 aromatic heterocycles. The minimum Gasteiger partial charge on any atom is -0.455 e. The number of anilines is 3. The molecule has 0 aliphatic carbocycles. The van der Waals surface area contributed by atoms with Crippen molar-refractivity contribution in [1.82, 2.24) is 4.57 Å². The number of aromatic nitrogens is 1. The molecule has 0 aliphatic rings. The predicted molar refractivity (Wildman–Crippen MR) is 239 cm³/mol. The third-order valence-corrected chi connectivity index (χ3v) is 11.2. The van der Waals surface area contributed by atoms with E-state index in [1.807, 2.05) is 6.07 Å². The van der Waals surface area contributed by atoms with Crippen LogP contribution in [-0.2, 0) is 0 Å². The lowest BCUT2D eigenvalue weighted by Crippen LogP contribution is -2.10. The summed E-state index contributed by atoms with van der Waals surface area (Å²) in [7, 11) is 0. The van der Waals surface area contributed by atoms with E-state index in [4.69, 9.17) is 4.42 Å². The summed E-state index contributed by atoms with van der Waals surface area (Å²) >= 11 is 0. The molecule has 0 fully saturated rings. The normalized spacial score (nSPS) is 11.5. The van der Waals surface area contributed by atoms with Gasteiger partial charge >= 0.3 is 0 Å². The first-order chi connectivity index (χ1) is 28.3. The van der Waals surface area contributed by atoms with Crippen molar-refractivity contribution in [2.24, 2.45) is 0 Å². The largest absolute Gasteiger partial charge is 0.455 e. The lowest BCUT2D eigenvalue weighted by molar-refractivity contribution is 0.670. The molecule has 2 heterocycles. The first-order valence-electron chi connectivity index (χ1n) is 19.4. The van der Waals surface area contributed by atoms with E-state index in [9.17, 15) is 0 Å². The fraction of sp³-hybridized carbons (Fsp3) is 0. The molecule has 3 heteroatoms. The van der Waals surface area contributed by atoms with Crippen LogP contribution in [0, 0.1) is 0 Å². The number of hydrogen-bond donors (Lipinski definition) is 0. The maximum absolute atomic E-state index is 6.70. The smallest absolute Gasteiger partial charge is 0.143 e. The Balaban J connectivity index is 1.08. The van der Waals surface area contributed by atoms with E-state index in [0.29, 0.717) is 0 Å². The van der Waals surface area contributed by atoms with Crippen LogP contribution in [0.15, 0.2) is 223 Å². The van der Waals surface area contributed by atoms with Gasteiger partial charge in [-0.1, -0.05) is 146 Å². The van der Waals surface area contributed by atoms with Crippen LogP contribution in [0.5, 0.6) is 0 Å². The molecule has 57 heavy (non-hydrogen) atoms. The molecule has 11 rings (SSSR count). The molecule has 3 nitrogen and oxygen atoms in total. The summed E-state index contributed by atoms with van der Waals surface area (Å²) in [5.74, 6) is 0. The fourth-order valence-corrected chi connectivity index (χ4v) is 8.50. The van der Waals surface area contributed by atoms with E-state index >= 15 is 0 Å². The highest BCUT2D eigenvalue weighted by Gasteiger charge is 2.20. The maximum atomic E-state index is 6.70. The Labute approximate surface area is 330 Å². The van der Waals surface area contributed by atoms with Crippen molar-refractivity contribution in [2.75, 3.05) is 4.90 Å². The SMILES string of the molecule is c1ccc(-c2cccc(-c3cccc(N(c4ccccc4)c4cc(-c5ccc(-n6c7ccccc7c7ccccc76)cc5)c5oc6ccccc6c5c4)c3)c2)cc1. The van der Waals surface area contributed by atoms with E-state index < -0.39 is 0 Å². The molecule has 0 spiro atoms. The lowest BCUT2D eigenvalue weighted by Gasteiger charge is -2.27. The molecule has 0 atom stereocenters. The highest BCUT2D eigenvalue weighted by Crippen LogP contribution is 2.44. The summed E-state index contributed by atoms with van der Waals surface area (Å²) in [5, 5.41) is 4.68. The number of benzene rings is 9. The zero-order chi connectivity index (χ0) is 37.7. The predicted octanol–water partition coefficient (Wildman–Crippen LogP) is 15.2. The second-order valence-corrected chi connectivity index (χ2v) is 14.6. The Bertz CT molecular complexity index is 3180. The summed E-state index contributed by atoms with van der Waals surface area (Å²) in [6, 6.07) is 78.1. The molecule has 9 aromatic carbocycles. The maximum Gasteiger partial charge on any atom is 0.143 e. The summed E-state index contributed by atoms with van der Waals surface area (Å²) in [5.41, 5.74) is 15.3. The Morgan fingerprint density at radius 3 is 1.60 bits per heavy atom. The van der Waals surface area contributed by atoms with E-state index in [-0.39, 0.29) is 0 Å². The van der Waals surface area contributed by atoms with Crippen molar-refractivity contribution in [1.29, 1.82) is 0 Å². The Kier molecular flexibility index (Phi) is 7.82. The van der Waals surface area contributed by atoms with Crippen LogP contribution >= 0.6 is 0 Å². The number of para-hydroxylation sites is 4. The van der Waals surface area contributed by atoms with Gasteiger partial charge in [-0.15, -0.1) is 0 Å². The number of hydrogen-bond acceptors (Lipinski definition) is 2. The quantitative estimate of drug-likeness (QED) is 0.163. The van der Waals surface area contributed by atoms with Crippen molar-refractivity contribution in [3.05, 3.63) is 218 Å². The molecule has 0 saturated heterocycles. The summed E-state index contributed by atoms with van der Waals surface area (Å²) < 4.78 is 9.07. The fourth-order valence-electron chi connectivity index (χ4n) is 8.50. The van der Waals surface area contributed by atoms with E-state index in [1.54, 1.807) is 0 Å². The Hall–Kier alpha value is -7.62. The number of furan rings is 1. The Morgan fingerprint density at radius 2 is 0.877 bits per heavy atom. The van der Waals surface area contributed by atoms with E-state index in [1.165, 1.54) is 38.5 Å². The average Bonchev–Trinajstić information content (AvgIpc) is 3.83. The van der Waals surface area contributed by atoms with Crippen LogP contribution in [-0.4, -0.2) is 4.57 Å². The highest BCUT2D eigenvalue weighted by atomic mass is 16.3. The van der Waals surface area contributed by atoms with Gasteiger partial charge in [0.25, 0.3) is 0 Å². The number of nitrogens with zero attached hydrogens (tertiary/aromatic N) is 2. The van der Waals surface area contributed by atoms with Gasteiger partial charge < -0.3 is 13.9 Å². The molecule has 11 aromatic rings. The van der Waals surface area contributed by atoms with E-state index in [0.717, 1.165) is 61.4 Å². The monoisotopic (exact) mass is 728 g/mol. The van der Waals surface area contributed by atoms with Gasteiger partial charge in [0.15, 0.2) is 0 Å². The minimum atomic E-state index is 0.874. The van der Waals surface area contributed by atoms with Crippen LogP contribution in [0.2, 0.25) is 0 Å².